The number of carbonyl (C=O) groups excluding carboxylic acids is 2. The molecule has 3 fully saturated rings. The molecule has 1 aliphatic heterocycles. The third-order valence-corrected chi connectivity index (χ3v) is 8.76. The molecule has 1 spiro atoms. The van der Waals surface area contributed by atoms with Gasteiger partial charge in [0.25, 0.3) is 11.8 Å². The van der Waals surface area contributed by atoms with Crippen molar-refractivity contribution < 1.29 is 9.59 Å². The smallest absolute Gasteiger partial charge is 0.259 e. The zero-order chi connectivity index (χ0) is 27.3. The molecule has 40 heavy (non-hydrogen) atoms. The van der Waals surface area contributed by atoms with Crippen LogP contribution in [-0.2, 0) is 0 Å². The van der Waals surface area contributed by atoms with Crippen LogP contribution in [0, 0.1) is 6.92 Å². The van der Waals surface area contributed by atoms with E-state index < -0.39 is 0 Å². The van der Waals surface area contributed by atoms with Gasteiger partial charge in [0.05, 0.1) is 64.5 Å². The van der Waals surface area contributed by atoms with E-state index >= 15 is 0 Å². The number of carbonyl (C=O) groups is 2. The van der Waals surface area contributed by atoms with Crippen molar-refractivity contribution in [2.24, 2.45) is 0 Å². The van der Waals surface area contributed by atoms with Gasteiger partial charge in [-0.3, -0.25) is 29.1 Å². The Kier molecular flexibility index (Phi) is 6.10. The highest BCUT2D eigenvalue weighted by Crippen LogP contribution is 2.45. The SMILES string of the molecule is Cc1ncc(C(=O)NCCN2CCCC23CCC3)cc1NC(=O)c1cnn2cc(-c3cnn(C4CC4)c3)ncc12. The number of anilines is 1. The molecule has 2 amide bonds. The minimum Gasteiger partial charge on any atom is -0.351 e. The summed E-state index contributed by atoms with van der Waals surface area (Å²) >= 11 is 0. The van der Waals surface area contributed by atoms with Crippen molar-refractivity contribution >= 4 is 23.0 Å². The Morgan fingerprint density at radius 3 is 2.65 bits per heavy atom. The van der Waals surface area contributed by atoms with Gasteiger partial charge in [0, 0.05) is 36.6 Å². The van der Waals surface area contributed by atoms with Crippen molar-refractivity contribution in [2.75, 3.05) is 25.0 Å². The molecule has 4 aromatic rings. The van der Waals surface area contributed by atoms with Crippen molar-refractivity contribution in [1.82, 2.24) is 39.6 Å². The number of aromatic nitrogens is 6. The maximum atomic E-state index is 13.2. The molecule has 2 N–H and O–H groups in total. The Hall–Kier alpha value is -4.12. The lowest BCUT2D eigenvalue weighted by Crippen LogP contribution is -2.51. The second-order valence-corrected chi connectivity index (χ2v) is 11.3. The predicted molar refractivity (Wildman–Crippen MR) is 149 cm³/mol. The van der Waals surface area contributed by atoms with E-state index in [-0.39, 0.29) is 11.8 Å². The van der Waals surface area contributed by atoms with E-state index in [1.54, 1.807) is 42.3 Å². The van der Waals surface area contributed by atoms with Crippen LogP contribution in [0.3, 0.4) is 0 Å². The summed E-state index contributed by atoms with van der Waals surface area (Å²) in [5, 5.41) is 14.8. The van der Waals surface area contributed by atoms with E-state index in [9.17, 15) is 9.59 Å². The highest BCUT2D eigenvalue weighted by atomic mass is 16.2. The number of amides is 2. The predicted octanol–water partition coefficient (Wildman–Crippen LogP) is 3.63. The van der Waals surface area contributed by atoms with Crippen LogP contribution in [0.1, 0.15) is 77.4 Å². The van der Waals surface area contributed by atoms with Gasteiger partial charge in [0.15, 0.2) is 0 Å². The maximum absolute atomic E-state index is 13.2. The molecule has 2 saturated carbocycles. The molecule has 206 valence electrons. The molecule has 1 saturated heterocycles. The summed E-state index contributed by atoms with van der Waals surface area (Å²) in [6.45, 7) is 4.37. The number of nitrogens with one attached hydrogen (secondary N) is 2. The molecule has 4 aromatic heterocycles. The summed E-state index contributed by atoms with van der Waals surface area (Å²) < 4.78 is 3.63. The second-order valence-electron chi connectivity index (χ2n) is 11.3. The van der Waals surface area contributed by atoms with Crippen molar-refractivity contribution in [2.45, 2.75) is 63.5 Å². The minimum atomic E-state index is -0.339. The van der Waals surface area contributed by atoms with Gasteiger partial charge in [0.2, 0.25) is 0 Å². The Morgan fingerprint density at radius 1 is 1.00 bits per heavy atom. The lowest BCUT2D eigenvalue weighted by molar-refractivity contribution is 0.0561. The maximum Gasteiger partial charge on any atom is 0.259 e. The Bertz CT molecular complexity index is 1600. The average Bonchev–Trinajstić information content (AvgIpc) is 3.33. The monoisotopic (exact) mass is 539 g/mol. The van der Waals surface area contributed by atoms with Crippen molar-refractivity contribution in [3.05, 3.63) is 60.1 Å². The summed E-state index contributed by atoms with van der Waals surface area (Å²) in [5.41, 5.74) is 4.54. The Morgan fingerprint density at radius 2 is 1.85 bits per heavy atom. The van der Waals surface area contributed by atoms with E-state index in [1.807, 2.05) is 10.9 Å². The molecule has 2 aliphatic carbocycles. The molecule has 3 aliphatic rings. The molecule has 0 unspecified atom stereocenters. The number of nitrogens with zero attached hydrogens (tertiary/aromatic N) is 7. The minimum absolute atomic E-state index is 0.192. The first-order chi connectivity index (χ1) is 19.5. The van der Waals surface area contributed by atoms with Gasteiger partial charge >= 0.3 is 0 Å². The first-order valence-corrected chi connectivity index (χ1v) is 14.2. The Labute approximate surface area is 232 Å². The fourth-order valence-corrected chi connectivity index (χ4v) is 6.09. The first-order valence-electron chi connectivity index (χ1n) is 14.2. The van der Waals surface area contributed by atoms with E-state index in [0.29, 0.717) is 46.2 Å². The van der Waals surface area contributed by atoms with Crippen molar-refractivity contribution in [3.63, 3.8) is 0 Å². The van der Waals surface area contributed by atoms with E-state index in [0.717, 1.165) is 37.2 Å². The summed E-state index contributed by atoms with van der Waals surface area (Å²) in [6, 6.07) is 2.17. The van der Waals surface area contributed by atoms with Crippen molar-refractivity contribution in [1.29, 1.82) is 0 Å². The molecular formula is C29H33N9O2. The molecule has 11 heteroatoms. The van der Waals surface area contributed by atoms with Crippen LogP contribution < -0.4 is 10.6 Å². The summed E-state index contributed by atoms with van der Waals surface area (Å²) in [5.74, 6) is -0.532. The third-order valence-electron chi connectivity index (χ3n) is 8.76. The molecule has 0 aromatic carbocycles. The van der Waals surface area contributed by atoms with Gasteiger partial charge in [-0.15, -0.1) is 0 Å². The molecule has 5 heterocycles. The first kappa shape index (κ1) is 24.9. The molecule has 0 radical (unpaired) electrons. The van der Waals surface area contributed by atoms with Crippen LogP contribution >= 0.6 is 0 Å². The van der Waals surface area contributed by atoms with Gasteiger partial charge in [-0.1, -0.05) is 0 Å². The fourth-order valence-electron chi connectivity index (χ4n) is 6.09. The molecular weight excluding hydrogens is 506 g/mol. The number of hydrogen-bond acceptors (Lipinski definition) is 7. The highest BCUT2D eigenvalue weighted by molar-refractivity contribution is 6.09. The summed E-state index contributed by atoms with van der Waals surface area (Å²) in [4.78, 5) is 37.6. The number of rotatable bonds is 8. The lowest BCUT2D eigenvalue weighted by Gasteiger charge is -2.46. The lowest BCUT2D eigenvalue weighted by atomic mass is 9.75. The van der Waals surface area contributed by atoms with E-state index in [1.165, 1.54) is 38.3 Å². The summed E-state index contributed by atoms with van der Waals surface area (Å²) in [7, 11) is 0. The molecule has 7 rings (SSSR count). The van der Waals surface area contributed by atoms with Gasteiger partial charge in [-0.25, -0.2) is 4.52 Å². The largest absolute Gasteiger partial charge is 0.351 e. The summed E-state index contributed by atoms with van der Waals surface area (Å²) in [6.07, 6.45) is 19.0. The third kappa shape index (κ3) is 4.53. The standard InChI is InChI=1S/C29H33N9O2/c1-19-24(12-20(13-31-19)27(39)30-9-11-36-10-3-8-29(36)6-2-7-29)35-28(40)23-15-34-38-18-25(32-16-26(23)38)21-14-33-37(17-21)22-4-5-22/h12-18,22H,2-11H2,1H3,(H,30,39)(H,35,40). The van der Waals surface area contributed by atoms with Gasteiger partial charge in [0.1, 0.15) is 0 Å². The highest BCUT2D eigenvalue weighted by Gasteiger charge is 2.44. The van der Waals surface area contributed by atoms with E-state index in [4.69, 9.17) is 0 Å². The quantitative estimate of drug-likeness (QED) is 0.351. The Balaban J connectivity index is 1.01. The zero-order valence-electron chi connectivity index (χ0n) is 22.6. The average molecular weight is 540 g/mol. The van der Waals surface area contributed by atoms with Crippen LogP contribution in [0.15, 0.2) is 43.2 Å². The topological polar surface area (TPSA) is 122 Å². The van der Waals surface area contributed by atoms with Gasteiger partial charge in [-0.2, -0.15) is 10.2 Å². The molecule has 0 atom stereocenters. The number of fused-ring (bicyclic) bond motifs is 1. The van der Waals surface area contributed by atoms with Crippen LogP contribution in [0.25, 0.3) is 16.8 Å². The number of hydrogen-bond donors (Lipinski definition) is 2. The van der Waals surface area contributed by atoms with E-state index in [2.05, 4.69) is 35.7 Å². The van der Waals surface area contributed by atoms with Crippen LogP contribution in [0.2, 0.25) is 0 Å². The van der Waals surface area contributed by atoms with Gasteiger partial charge < -0.3 is 10.6 Å². The fraction of sp³-hybridized carbons (Fsp3) is 0.448. The van der Waals surface area contributed by atoms with Crippen LogP contribution in [0.4, 0.5) is 5.69 Å². The molecule has 0 bridgehead atoms. The number of aryl methyl sites for hydroxylation is 1. The molecule has 11 nitrogen and oxygen atoms in total. The van der Waals surface area contributed by atoms with Crippen molar-refractivity contribution in [3.8, 4) is 11.3 Å². The normalized spacial score (nSPS) is 18.2. The van der Waals surface area contributed by atoms with Crippen LogP contribution in [0.5, 0.6) is 0 Å². The number of pyridine rings is 1. The van der Waals surface area contributed by atoms with Crippen LogP contribution in [-0.4, -0.2) is 71.2 Å². The van der Waals surface area contributed by atoms with Gasteiger partial charge in [-0.05, 0) is 64.5 Å². The number of likely N-dealkylation sites (tertiary alicyclic amines) is 1. The second kappa shape index (κ2) is 9.81. The zero-order valence-corrected chi connectivity index (χ0v) is 22.6.